The number of carbonyl (C=O) groups is 2. The van der Waals surface area contributed by atoms with Crippen LogP contribution >= 0.6 is 0 Å². The normalized spacial score (nSPS) is 18.2. The maximum atomic E-state index is 12.1. The molecule has 0 N–H and O–H groups in total. The summed E-state index contributed by atoms with van der Waals surface area (Å²) in [7, 11) is 0. The summed E-state index contributed by atoms with van der Waals surface area (Å²) >= 11 is 0. The summed E-state index contributed by atoms with van der Waals surface area (Å²) in [6.45, 7) is 6.40. The van der Waals surface area contributed by atoms with Crippen molar-refractivity contribution in [3.8, 4) is 0 Å². The van der Waals surface area contributed by atoms with Crippen LogP contribution in [0.25, 0.3) is 0 Å². The molecule has 0 bridgehead atoms. The fourth-order valence-corrected chi connectivity index (χ4v) is 2.35. The van der Waals surface area contributed by atoms with Gasteiger partial charge in [0, 0.05) is 30.8 Å². The van der Waals surface area contributed by atoms with Crippen molar-refractivity contribution in [2.24, 2.45) is 11.3 Å². The zero-order valence-electron chi connectivity index (χ0n) is 12.2. The number of carbonyl (C=O) groups excluding carboxylic acids is 2. The fourth-order valence-electron chi connectivity index (χ4n) is 2.35. The number of Topliss-reactive ketones (excluding diaryl/α,β-unsaturated/α-hetero) is 1. The summed E-state index contributed by atoms with van der Waals surface area (Å²) in [4.78, 5) is 25.5. The predicted molar refractivity (Wildman–Crippen MR) is 69.1 cm³/mol. The van der Waals surface area contributed by atoms with Crippen LogP contribution < -0.4 is 0 Å². The number of halogens is 3. The molecule has 0 spiro atoms. The van der Waals surface area contributed by atoms with Gasteiger partial charge in [0.2, 0.25) is 5.91 Å². The van der Waals surface area contributed by atoms with Gasteiger partial charge in [-0.05, 0) is 12.8 Å². The van der Waals surface area contributed by atoms with Gasteiger partial charge < -0.3 is 4.90 Å². The molecule has 1 aliphatic heterocycles. The average Bonchev–Trinajstić information content (AvgIpc) is 2.33. The molecule has 0 aromatic rings. The average molecular weight is 293 g/mol. The van der Waals surface area contributed by atoms with Crippen molar-refractivity contribution < 1.29 is 22.8 Å². The van der Waals surface area contributed by atoms with E-state index in [2.05, 4.69) is 0 Å². The standard InChI is InChI=1S/C14H22F3NO2/c1-13(2,3)12(20)18-8-5-10(6-9-18)11(19)4-7-14(15,16)17/h10H,4-9H2,1-3H3. The van der Waals surface area contributed by atoms with Crippen LogP contribution in [-0.4, -0.2) is 35.9 Å². The molecule has 0 aromatic carbocycles. The van der Waals surface area contributed by atoms with Crippen LogP contribution in [0.15, 0.2) is 0 Å². The van der Waals surface area contributed by atoms with Gasteiger partial charge >= 0.3 is 6.18 Å². The van der Waals surface area contributed by atoms with Crippen molar-refractivity contribution >= 4 is 11.7 Å². The zero-order chi connectivity index (χ0) is 15.6. The van der Waals surface area contributed by atoms with Gasteiger partial charge in [0.1, 0.15) is 5.78 Å². The molecule has 0 atom stereocenters. The van der Waals surface area contributed by atoms with Gasteiger partial charge in [-0.25, -0.2) is 0 Å². The van der Waals surface area contributed by atoms with Crippen molar-refractivity contribution in [1.29, 1.82) is 0 Å². The molecular formula is C14H22F3NO2. The molecule has 20 heavy (non-hydrogen) atoms. The lowest BCUT2D eigenvalue weighted by atomic mass is 9.88. The summed E-state index contributed by atoms with van der Waals surface area (Å²) < 4.78 is 36.2. The lowest BCUT2D eigenvalue weighted by Gasteiger charge is -2.35. The highest BCUT2D eigenvalue weighted by molar-refractivity contribution is 5.83. The Kier molecular flexibility index (Phi) is 5.21. The van der Waals surface area contributed by atoms with Crippen molar-refractivity contribution in [3.05, 3.63) is 0 Å². The van der Waals surface area contributed by atoms with Crippen LogP contribution in [0.4, 0.5) is 13.2 Å². The van der Waals surface area contributed by atoms with Crippen LogP contribution in [-0.2, 0) is 9.59 Å². The molecule has 1 amide bonds. The van der Waals surface area contributed by atoms with E-state index in [4.69, 9.17) is 0 Å². The van der Waals surface area contributed by atoms with Crippen LogP contribution in [0.3, 0.4) is 0 Å². The summed E-state index contributed by atoms with van der Waals surface area (Å²) in [5.74, 6) is -0.634. The van der Waals surface area contributed by atoms with Crippen molar-refractivity contribution in [1.82, 2.24) is 4.90 Å². The van der Waals surface area contributed by atoms with Gasteiger partial charge in [0.05, 0.1) is 6.42 Å². The van der Waals surface area contributed by atoms with Gasteiger partial charge in [0.15, 0.2) is 0 Å². The van der Waals surface area contributed by atoms with E-state index < -0.39 is 24.4 Å². The SMILES string of the molecule is CC(C)(C)C(=O)N1CCC(C(=O)CCC(F)(F)F)CC1. The molecule has 0 aromatic heterocycles. The third-order valence-corrected chi connectivity index (χ3v) is 3.53. The van der Waals surface area contributed by atoms with Gasteiger partial charge in [0.25, 0.3) is 0 Å². The Morgan fingerprint density at radius 1 is 1.10 bits per heavy atom. The van der Waals surface area contributed by atoms with Gasteiger partial charge in [-0.1, -0.05) is 20.8 Å². The van der Waals surface area contributed by atoms with Gasteiger partial charge in [-0.3, -0.25) is 9.59 Å². The fraction of sp³-hybridized carbons (Fsp3) is 0.857. The summed E-state index contributed by atoms with van der Waals surface area (Å²) in [5, 5.41) is 0. The van der Waals surface area contributed by atoms with Gasteiger partial charge in [-0.2, -0.15) is 13.2 Å². The second-order valence-corrected chi connectivity index (χ2v) is 6.40. The second-order valence-electron chi connectivity index (χ2n) is 6.40. The van der Waals surface area contributed by atoms with Crippen LogP contribution in [0, 0.1) is 11.3 Å². The molecule has 116 valence electrons. The van der Waals surface area contributed by atoms with E-state index in [1.54, 1.807) is 4.90 Å². The Labute approximate surface area is 117 Å². The summed E-state index contributed by atoms with van der Waals surface area (Å²) in [5.41, 5.74) is -0.465. The third kappa shape index (κ3) is 5.13. The Hall–Kier alpha value is -1.07. The number of piperidine rings is 1. The molecule has 1 rings (SSSR count). The Balaban J connectivity index is 2.42. The largest absolute Gasteiger partial charge is 0.389 e. The highest BCUT2D eigenvalue weighted by Crippen LogP contribution is 2.27. The minimum atomic E-state index is -4.28. The number of hydrogen-bond acceptors (Lipinski definition) is 2. The predicted octanol–water partition coefficient (Wildman–Crippen LogP) is 3.18. The molecule has 0 radical (unpaired) electrons. The summed E-state index contributed by atoms with van der Waals surface area (Å²) in [6, 6.07) is 0. The van der Waals surface area contributed by atoms with E-state index in [1.165, 1.54) is 0 Å². The molecule has 3 nitrogen and oxygen atoms in total. The molecule has 0 aliphatic carbocycles. The molecule has 6 heteroatoms. The molecule has 1 saturated heterocycles. The van der Waals surface area contributed by atoms with Crippen molar-refractivity contribution in [2.75, 3.05) is 13.1 Å². The third-order valence-electron chi connectivity index (χ3n) is 3.53. The number of rotatable bonds is 3. The van der Waals surface area contributed by atoms with Crippen LogP contribution in [0.1, 0.15) is 46.5 Å². The quantitative estimate of drug-likeness (QED) is 0.801. The number of amides is 1. The molecular weight excluding hydrogens is 271 g/mol. The van der Waals surface area contributed by atoms with Gasteiger partial charge in [-0.15, -0.1) is 0 Å². The molecule has 0 saturated carbocycles. The minimum absolute atomic E-state index is 0.0266. The first-order valence-corrected chi connectivity index (χ1v) is 6.89. The lowest BCUT2D eigenvalue weighted by molar-refractivity contribution is -0.147. The molecule has 1 heterocycles. The number of ketones is 1. The maximum absolute atomic E-state index is 12.1. The first-order chi connectivity index (χ1) is 9.00. The first kappa shape index (κ1) is 17.0. The number of likely N-dealkylation sites (tertiary alicyclic amines) is 1. The monoisotopic (exact) mass is 293 g/mol. The number of nitrogens with zero attached hydrogens (tertiary/aromatic N) is 1. The van der Waals surface area contributed by atoms with E-state index >= 15 is 0 Å². The van der Waals surface area contributed by atoms with Crippen molar-refractivity contribution in [3.63, 3.8) is 0 Å². The highest BCUT2D eigenvalue weighted by atomic mass is 19.4. The lowest BCUT2D eigenvalue weighted by Crippen LogP contribution is -2.45. The van der Waals surface area contributed by atoms with Crippen molar-refractivity contribution in [2.45, 2.75) is 52.6 Å². The molecule has 1 fully saturated rings. The van der Waals surface area contributed by atoms with E-state index in [9.17, 15) is 22.8 Å². The van der Waals surface area contributed by atoms with E-state index in [-0.39, 0.29) is 17.6 Å². The Morgan fingerprint density at radius 2 is 1.60 bits per heavy atom. The minimum Gasteiger partial charge on any atom is -0.342 e. The topological polar surface area (TPSA) is 37.4 Å². The molecule has 1 aliphatic rings. The highest BCUT2D eigenvalue weighted by Gasteiger charge is 2.34. The number of hydrogen-bond donors (Lipinski definition) is 0. The first-order valence-electron chi connectivity index (χ1n) is 6.89. The summed E-state index contributed by atoms with van der Waals surface area (Å²) in [6.07, 6.45) is -4.83. The second kappa shape index (κ2) is 6.14. The maximum Gasteiger partial charge on any atom is 0.389 e. The van der Waals surface area contributed by atoms with E-state index in [0.717, 1.165) is 0 Å². The number of alkyl halides is 3. The van der Waals surface area contributed by atoms with Crippen LogP contribution in [0.5, 0.6) is 0 Å². The zero-order valence-corrected chi connectivity index (χ0v) is 12.2. The van der Waals surface area contributed by atoms with E-state index in [0.29, 0.717) is 25.9 Å². The smallest absolute Gasteiger partial charge is 0.342 e. The van der Waals surface area contributed by atoms with Crippen LogP contribution in [0.2, 0.25) is 0 Å². The Morgan fingerprint density at radius 3 is 2.00 bits per heavy atom. The Bertz CT molecular complexity index is 364. The van der Waals surface area contributed by atoms with E-state index in [1.807, 2.05) is 20.8 Å². The molecule has 0 unspecified atom stereocenters.